The lowest BCUT2D eigenvalue weighted by molar-refractivity contribution is 0.0952. The van der Waals surface area contributed by atoms with Gasteiger partial charge in [-0.25, -0.2) is 4.98 Å². The molecule has 1 N–H and O–H groups in total. The van der Waals surface area contributed by atoms with E-state index in [4.69, 9.17) is 0 Å². The molecule has 2 heterocycles. The van der Waals surface area contributed by atoms with Gasteiger partial charge in [0.05, 0.1) is 17.2 Å². The topological polar surface area (TPSA) is 76.9 Å². The number of fused-ring (bicyclic) bond motifs is 1. The van der Waals surface area contributed by atoms with Gasteiger partial charge in [-0.3, -0.25) is 19.1 Å². The minimum absolute atomic E-state index is 0.108. The van der Waals surface area contributed by atoms with Crippen molar-refractivity contribution in [1.82, 2.24) is 19.9 Å². The first-order valence-corrected chi connectivity index (χ1v) is 6.88. The Kier molecular flexibility index (Phi) is 3.91. The van der Waals surface area contributed by atoms with Crippen LogP contribution >= 0.6 is 0 Å². The van der Waals surface area contributed by atoms with Crippen LogP contribution in [0.2, 0.25) is 0 Å². The van der Waals surface area contributed by atoms with Gasteiger partial charge in [-0.15, -0.1) is 0 Å². The predicted molar refractivity (Wildman–Crippen MR) is 82.6 cm³/mol. The molecule has 0 aliphatic rings. The number of aromatic nitrogens is 3. The smallest absolute Gasteiger partial charge is 0.261 e. The fourth-order valence-electron chi connectivity index (χ4n) is 2.16. The van der Waals surface area contributed by atoms with Crippen molar-refractivity contribution in [1.29, 1.82) is 0 Å². The first kappa shape index (κ1) is 13.9. The molecule has 0 spiro atoms. The standard InChI is InChI=1S/C16H14N4O2/c21-15(12-5-7-17-8-6-12)18-9-10-20-11-19-14-4-2-1-3-13(14)16(20)22/h1-8,11H,9-10H2,(H,18,21). The van der Waals surface area contributed by atoms with Gasteiger partial charge >= 0.3 is 0 Å². The number of nitrogens with one attached hydrogen (secondary N) is 1. The normalized spacial score (nSPS) is 10.5. The largest absolute Gasteiger partial charge is 0.350 e. The Morgan fingerprint density at radius 1 is 1.14 bits per heavy atom. The molecule has 110 valence electrons. The molecule has 6 nitrogen and oxygen atoms in total. The number of hydrogen-bond donors (Lipinski definition) is 1. The van der Waals surface area contributed by atoms with Crippen molar-refractivity contribution in [2.45, 2.75) is 6.54 Å². The lowest BCUT2D eigenvalue weighted by Crippen LogP contribution is -2.31. The molecule has 0 radical (unpaired) electrons. The second kappa shape index (κ2) is 6.17. The maximum absolute atomic E-state index is 12.3. The molecular formula is C16H14N4O2. The minimum atomic E-state index is -0.191. The van der Waals surface area contributed by atoms with Gasteiger partial charge in [0.25, 0.3) is 11.5 Å². The quantitative estimate of drug-likeness (QED) is 0.785. The van der Waals surface area contributed by atoms with Gasteiger partial charge in [-0.2, -0.15) is 0 Å². The van der Waals surface area contributed by atoms with Gasteiger partial charge in [0.1, 0.15) is 0 Å². The maximum Gasteiger partial charge on any atom is 0.261 e. The van der Waals surface area contributed by atoms with Crippen LogP contribution in [0.15, 0.2) is 59.9 Å². The highest BCUT2D eigenvalue weighted by molar-refractivity contribution is 5.93. The summed E-state index contributed by atoms with van der Waals surface area (Å²) in [6, 6.07) is 10.5. The van der Waals surface area contributed by atoms with E-state index in [1.807, 2.05) is 6.07 Å². The van der Waals surface area contributed by atoms with Crippen LogP contribution in [-0.4, -0.2) is 27.0 Å². The van der Waals surface area contributed by atoms with Crippen LogP contribution < -0.4 is 10.9 Å². The monoisotopic (exact) mass is 294 g/mol. The fraction of sp³-hybridized carbons (Fsp3) is 0.125. The lowest BCUT2D eigenvalue weighted by atomic mass is 10.2. The van der Waals surface area contributed by atoms with Gasteiger partial charge in [-0.05, 0) is 24.3 Å². The molecule has 1 amide bonds. The molecule has 22 heavy (non-hydrogen) atoms. The van der Waals surface area contributed by atoms with Gasteiger partial charge < -0.3 is 5.32 Å². The summed E-state index contributed by atoms with van der Waals surface area (Å²) >= 11 is 0. The summed E-state index contributed by atoms with van der Waals surface area (Å²) in [5.74, 6) is -0.191. The van der Waals surface area contributed by atoms with Crippen LogP contribution in [0.5, 0.6) is 0 Å². The highest BCUT2D eigenvalue weighted by atomic mass is 16.1. The zero-order chi connectivity index (χ0) is 15.4. The van der Waals surface area contributed by atoms with E-state index >= 15 is 0 Å². The van der Waals surface area contributed by atoms with Crippen molar-refractivity contribution in [2.75, 3.05) is 6.54 Å². The number of nitrogens with zero attached hydrogens (tertiary/aromatic N) is 3. The van der Waals surface area contributed by atoms with E-state index in [1.165, 1.54) is 10.9 Å². The highest BCUT2D eigenvalue weighted by Gasteiger charge is 2.06. The number of amides is 1. The van der Waals surface area contributed by atoms with Gasteiger partial charge in [-0.1, -0.05) is 12.1 Å². The van der Waals surface area contributed by atoms with Gasteiger partial charge in [0, 0.05) is 31.0 Å². The molecule has 1 aromatic carbocycles. The number of hydrogen-bond acceptors (Lipinski definition) is 4. The summed E-state index contributed by atoms with van der Waals surface area (Å²) in [5.41, 5.74) is 1.10. The van der Waals surface area contributed by atoms with Crippen LogP contribution in [0.25, 0.3) is 10.9 Å². The Bertz CT molecular complexity index is 859. The lowest BCUT2D eigenvalue weighted by Gasteiger charge is -2.08. The maximum atomic E-state index is 12.3. The van der Waals surface area contributed by atoms with E-state index in [1.54, 1.807) is 42.7 Å². The molecule has 0 saturated heterocycles. The molecule has 2 aromatic heterocycles. The van der Waals surface area contributed by atoms with Crippen LogP contribution in [0.1, 0.15) is 10.4 Å². The second-order valence-corrected chi connectivity index (χ2v) is 4.75. The second-order valence-electron chi connectivity index (χ2n) is 4.75. The molecule has 0 aliphatic heterocycles. The van der Waals surface area contributed by atoms with Crippen LogP contribution in [0, 0.1) is 0 Å². The molecule has 3 rings (SSSR count). The van der Waals surface area contributed by atoms with Crippen LogP contribution in [0.3, 0.4) is 0 Å². The molecule has 3 aromatic rings. The summed E-state index contributed by atoms with van der Waals surface area (Å²) in [6.45, 7) is 0.717. The average Bonchev–Trinajstić information content (AvgIpc) is 2.58. The summed E-state index contributed by atoms with van der Waals surface area (Å²) in [6.07, 6.45) is 4.63. The summed E-state index contributed by atoms with van der Waals surface area (Å²) in [7, 11) is 0. The van der Waals surface area contributed by atoms with E-state index in [9.17, 15) is 9.59 Å². The van der Waals surface area contributed by atoms with E-state index in [0.29, 0.717) is 29.6 Å². The summed E-state index contributed by atoms with van der Waals surface area (Å²) in [4.78, 5) is 32.3. The summed E-state index contributed by atoms with van der Waals surface area (Å²) in [5, 5.41) is 3.34. The zero-order valence-electron chi connectivity index (χ0n) is 11.8. The fourth-order valence-corrected chi connectivity index (χ4v) is 2.16. The molecule has 0 fully saturated rings. The third-order valence-electron chi connectivity index (χ3n) is 3.31. The Morgan fingerprint density at radius 2 is 1.91 bits per heavy atom. The molecule has 0 aliphatic carbocycles. The number of benzene rings is 1. The molecule has 0 unspecified atom stereocenters. The summed E-state index contributed by atoms with van der Waals surface area (Å²) < 4.78 is 1.50. The van der Waals surface area contributed by atoms with Gasteiger partial charge in [0.15, 0.2) is 0 Å². The number of carbonyl (C=O) groups excluding carboxylic acids is 1. The molecular weight excluding hydrogens is 280 g/mol. The molecule has 0 atom stereocenters. The van der Waals surface area contributed by atoms with E-state index in [2.05, 4.69) is 15.3 Å². The Morgan fingerprint density at radius 3 is 2.73 bits per heavy atom. The number of para-hydroxylation sites is 1. The molecule has 6 heteroatoms. The van der Waals surface area contributed by atoms with E-state index in [-0.39, 0.29) is 11.5 Å². The highest BCUT2D eigenvalue weighted by Crippen LogP contribution is 2.04. The van der Waals surface area contributed by atoms with E-state index in [0.717, 1.165) is 0 Å². The Labute approximate surface area is 126 Å². The van der Waals surface area contributed by atoms with Gasteiger partial charge in [0.2, 0.25) is 0 Å². The van der Waals surface area contributed by atoms with Crippen molar-refractivity contribution in [2.24, 2.45) is 0 Å². The number of pyridine rings is 1. The third-order valence-corrected chi connectivity index (χ3v) is 3.31. The van der Waals surface area contributed by atoms with Crippen LogP contribution in [0.4, 0.5) is 0 Å². The van der Waals surface area contributed by atoms with Crippen molar-refractivity contribution in [3.8, 4) is 0 Å². The first-order chi connectivity index (χ1) is 10.8. The predicted octanol–water partition coefficient (Wildman–Crippen LogP) is 1.22. The van der Waals surface area contributed by atoms with Crippen molar-refractivity contribution in [3.05, 3.63) is 71.0 Å². The first-order valence-electron chi connectivity index (χ1n) is 6.88. The zero-order valence-corrected chi connectivity index (χ0v) is 11.8. The third kappa shape index (κ3) is 2.85. The van der Waals surface area contributed by atoms with Crippen molar-refractivity contribution in [3.63, 3.8) is 0 Å². The van der Waals surface area contributed by atoms with Crippen LogP contribution in [-0.2, 0) is 6.54 Å². The van der Waals surface area contributed by atoms with Crippen molar-refractivity contribution >= 4 is 16.8 Å². The molecule has 0 saturated carbocycles. The number of carbonyl (C=O) groups is 1. The Hall–Kier alpha value is -3.02. The number of rotatable bonds is 4. The Balaban J connectivity index is 1.68. The minimum Gasteiger partial charge on any atom is -0.350 e. The van der Waals surface area contributed by atoms with Crippen molar-refractivity contribution < 1.29 is 4.79 Å². The SMILES string of the molecule is O=C(NCCn1cnc2ccccc2c1=O)c1ccncc1. The van der Waals surface area contributed by atoms with E-state index < -0.39 is 0 Å². The molecule has 0 bridgehead atoms. The average molecular weight is 294 g/mol.